The molecule has 0 saturated heterocycles. The summed E-state index contributed by atoms with van der Waals surface area (Å²) in [6.45, 7) is 1.42. The van der Waals surface area contributed by atoms with E-state index in [1.807, 2.05) is 19.0 Å². The lowest BCUT2D eigenvalue weighted by molar-refractivity contribution is 0.0947. The lowest BCUT2D eigenvalue weighted by Crippen LogP contribution is -2.28. The molecule has 0 saturated carbocycles. The Morgan fingerprint density at radius 3 is 2.46 bits per heavy atom. The van der Waals surface area contributed by atoms with Crippen LogP contribution in [-0.2, 0) is 0 Å². The van der Waals surface area contributed by atoms with Gasteiger partial charge >= 0.3 is 0 Å². The number of hydrogen-bond donors (Lipinski definition) is 2. The zero-order valence-electron chi connectivity index (χ0n) is 16.6. The van der Waals surface area contributed by atoms with Gasteiger partial charge in [0.2, 0.25) is 0 Å². The minimum Gasteiger partial charge on any atom is -0.493 e. The van der Waals surface area contributed by atoms with Gasteiger partial charge in [-0.15, -0.1) is 0 Å². The van der Waals surface area contributed by atoms with Gasteiger partial charge in [0, 0.05) is 30.1 Å². The van der Waals surface area contributed by atoms with Crippen molar-refractivity contribution in [3.8, 4) is 11.5 Å². The number of amides is 2. The number of carbonyl (C=O) groups excluding carboxylic acids is 2. The number of nitrogens with one attached hydrogen (secondary N) is 2. The number of carbonyl (C=O) groups is 2. The van der Waals surface area contributed by atoms with Gasteiger partial charge in [-0.1, -0.05) is 0 Å². The standard InChI is InChI=1S/C20H26N4O4/c1-24(2)11-5-9-22-20(26)16-12-14(8-10-21-16)19(25)23-15-6-7-17(27-3)18(13-15)28-4/h6-8,10,12-13H,5,9,11H2,1-4H3,(H,22,26)(H,23,25). The molecule has 0 aliphatic heterocycles. The maximum Gasteiger partial charge on any atom is 0.269 e. The normalized spacial score (nSPS) is 10.5. The zero-order valence-corrected chi connectivity index (χ0v) is 16.6. The van der Waals surface area contributed by atoms with Gasteiger partial charge in [0.1, 0.15) is 5.69 Å². The van der Waals surface area contributed by atoms with E-state index in [9.17, 15) is 9.59 Å². The summed E-state index contributed by atoms with van der Waals surface area (Å²) in [5.41, 5.74) is 1.09. The minimum absolute atomic E-state index is 0.199. The number of ether oxygens (including phenoxy) is 2. The van der Waals surface area contributed by atoms with Gasteiger partial charge in [-0.25, -0.2) is 0 Å². The SMILES string of the molecule is COc1ccc(NC(=O)c2ccnc(C(=O)NCCCN(C)C)c2)cc1OC. The van der Waals surface area contributed by atoms with Gasteiger partial charge in [-0.2, -0.15) is 0 Å². The third-order valence-corrected chi connectivity index (χ3v) is 3.96. The second kappa shape index (κ2) is 10.3. The van der Waals surface area contributed by atoms with Crippen LogP contribution in [0.3, 0.4) is 0 Å². The van der Waals surface area contributed by atoms with Gasteiger partial charge in [0.15, 0.2) is 11.5 Å². The van der Waals surface area contributed by atoms with Crippen LogP contribution < -0.4 is 20.1 Å². The van der Waals surface area contributed by atoms with Crippen molar-refractivity contribution in [1.82, 2.24) is 15.2 Å². The quantitative estimate of drug-likeness (QED) is 0.641. The topological polar surface area (TPSA) is 92.8 Å². The van der Waals surface area contributed by atoms with Crippen LogP contribution in [-0.4, -0.2) is 63.1 Å². The monoisotopic (exact) mass is 386 g/mol. The average molecular weight is 386 g/mol. The first-order valence-corrected chi connectivity index (χ1v) is 8.87. The van der Waals surface area contributed by atoms with Gasteiger partial charge < -0.3 is 25.0 Å². The fraction of sp³-hybridized carbons (Fsp3) is 0.350. The molecule has 0 spiro atoms. The molecule has 0 fully saturated rings. The summed E-state index contributed by atoms with van der Waals surface area (Å²) in [6, 6.07) is 8.10. The van der Waals surface area contributed by atoms with E-state index >= 15 is 0 Å². The van der Waals surface area contributed by atoms with Crippen LogP contribution in [0.2, 0.25) is 0 Å². The van der Waals surface area contributed by atoms with Crippen LogP contribution in [0.1, 0.15) is 27.3 Å². The molecule has 0 atom stereocenters. The summed E-state index contributed by atoms with van der Waals surface area (Å²) in [7, 11) is 7.02. The van der Waals surface area contributed by atoms with Crippen molar-refractivity contribution in [2.75, 3.05) is 46.7 Å². The highest BCUT2D eigenvalue weighted by Crippen LogP contribution is 2.29. The Bertz CT molecular complexity index is 824. The lowest BCUT2D eigenvalue weighted by Gasteiger charge is -2.11. The summed E-state index contributed by atoms with van der Waals surface area (Å²) in [5.74, 6) is 0.418. The molecule has 150 valence electrons. The third kappa shape index (κ3) is 5.95. The summed E-state index contributed by atoms with van der Waals surface area (Å²) < 4.78 is 10.4. The summed E-state index contributed by atoms with van der Waals surface area (Å²) in [5, 5.41) is 5.58. The van der Waals surface area contributed by atoms with E-state index in [2.05, 4.69) is 15.6 Å². The predicted molar refractivity (Wildman–Crippen MR) is 107 cm³/mol. The van der Waals surface area contributed by atoms with Crippen LogP contribution in [0.5, 0.6) is 11.5 Å². The number of benzene rings is 1. The van der Waals surface area contributed by atoms with Gasteiger partial charge in [0.05, 0.1) is 14.2 Å². The molecule has 0 aliphatic rings. The molecule has 0 unspecified atom stereocenters. The maximum atomic E-state index is 12.5. The molecule has 2 amide bonds. The van der Waals surface area contributed by atoms with Crippen molar-refractivity contribution >= 4 is 17.5 Å². The molecule has 8 heteroatoms. The van der Waals surface area contributed by atoms with Crippen LogP contribution in [0.15, 0.2) is 36.5 Å². The lowest BCUT2D eigenvalue weighted by atomic mass is 10.2. The van der Waals surface area contributed by atoms with E-state index in [1.54, 1.807) is 31.4 Å². The van der Waals surface area contributed by atoms with E-state index in [0.29, 0.717) is 29.3 Å². The Balaban J connectivity index is 2.02. The van der Waals surface area contributed by atoms with Crippen molar-refractivity contribution in [1.29, 1.82) is 0 Å². The Morgan fingerprint density at radius 1 is 1.04 bits per heavy atom. The summed E-state index contributed by atoms with van der Waals surface area (Å²) in [6.07, 6.45) is 2.27. The molecule has 2 aromatic rings. The van der Waals surface area contributed by atoms with Crippen LogP contribution in [0.4, 0.5) is 5.69 Å². The number of aromatic nitrogens is 1. The predicted octanol–water partition coefficient (Wildman–Crippen LogP) is 2.03. The first-order valence-electron chi connectivity index (χ1n) is 8.87. The number of pyridine rings is 1. The van der Waals surface area contributed by atoms with Gasteiger partial charge in [-0.05, 0) is 51.3 Å². The highest BCUT2D eigenvalue weighted by molar-refractivity contribution is 6.05. The first-order chi connectivity index (χ1) is 13.4. The average Bonchev–Trinajstić information content (AvgIpc) is 2.70. The zero-order chi connectivity index (χ0) is 20.5. The second-order valence-corrected chi connectivity index (χ2v) is 6.37. The fourth-order valence-corrected chi connectivity index (χ4v) is 2.50. The van der Waals surface area contributed by atoms with Crippen molar-refractivity contribution in [2.24, 2.45) is 0 Å². The number of methoxy groups -OCH3 is 2. The number of hydrogen-bond acceptors (Lipinski definition) is 6. The van der Waals surface area contributed by atoms with Crippen molar-refractivity contribution in [2.45, 2.75) is 6.42 Å². The van der Waals surface area contributed by atoms with Gasteiger partial charge in [-0.3, -0.25) is 14.6 Å². The van der Waals surface area contributed by atoms with E-state index in [-0.39, 0.29) is 17.5 Å². The molecule has 0 radical (unpaired) electrons. The molecular weight excluding hydrogens is 360 g/mol. The maximum absolute atomic E-state index is 12.5. The Labute approximate surface area is 164 Å². The van der Waals surface area contributed by atoms with E-state index < -0.39 is 0 Å². The van der Waals surface area contributed by atoms with E-state index in [1.165, 1.54) is 19.4 Å². The van der Waals surface area contributed by atoms with Crippen molar-refractivity contribution in [3.63, 3.8) is 0 Å². The Kier molecular flexibility index (Phi) is 7.76. The highest BCUT2D eigenvalue weighted by Gasteiger charge is 2.13. The highest BCUT2D eigenvalue weighted by atomic mass is 16.5. The molecule has 1 aromatic carbocycles. The van der Waals surface area contributed by atoms with E-state index in [4.69, 9.17) is 9.47 Å². The van der Waals surface area contributed by atoms with Crippen LogP contribution >= 0.6 is 0 Å². The smallest absolute Gasteiger partial charge is 0.269 e. The van der Waals surface area contributed by atoms with E-state index in [0.717, 1.165) is 13.0 Å². The number of nitrogens with zero attached hydrogens (tertiary/aromatic N) is 2. The molecular formula is C20H26N4O4. The molecule has 1 heterocycles. The minimum atomic E-state index is -0.351. The molecule has 2 rings (SSSR count). The molecule has 8 nitrogen and oxygen atoms in total. The Morgan fingerprint density at radius 2 is 1.79 bits per heavy atom. The Hall–Kier alpha value is -3.13. The molecule has 1 aromatic heterocycles. The number of anilines is 1. The largest absolute Gasteiger partial charge is 0.493 e. The summed E-state index contributed by atoms with van der Waals surface area (Å²) >= 11 is 0. The van der Waals surface area contributed by atoms with Crippen LogP contribution in [0.25, 0.3) is 0 Å². The van der Waals surface area contributed by atoms with Gasteiger partial charge in [0.25, 0.3) is 11.8 Å². The molecule has 0 aliphatic carbocycles. The van der Waals surface area contributed by atoms with Crippen molar-refractivity contribution < 1.29 is 19.1 Å². The number of rotatable bonds is 9. The fourth-order valence-electron chi connectivity index (χ4n) is 2.50. The molecule has 28 heavy (non-hydrogen) atoms. The third-order valence-electron chi connectivity index (χ3n) is 3.96. The summed E-state index contributed by atoms with van der Waals surface area (Å²) in [4.78, 5) is 30.9. The van der Waals surface area contributed by atoms with Crippen molar-refractivity contribution in [3.05, 3.63) is 47.8 Å². The first kappa shape index (κ1) is 21.2. The molecule has 2 N–H and O–H groups in total. The molecule has 0 bridgehead atoms. The van der Waals surface area contributed by atoms with Crippen LogP contribution in [0, 0.1) is 0 Å². The second-order valence-electron chi connectivity index (χ2n) is 6.37.